The second kappa shape index (κ2) is 6.39. The maximum Gasteiger partial charge on any atom is 0.0599 e. The fourth-order valence-electron chi connectivity index (χ4n) is 1.75. The van der Waals surface area contributed by atoms with Crippen LogP contribution in [0.1, 0.15) is 39.0 Å². The van der Waals surface area contributed by atoms with Crippen LogP contribution in [0.2, 0.25) is 0 Å². The van der Waals surface area contributed by atoms with Crippen LogP contribution in [0.25, 0.3) is 0 Å². The predicted molar refractivity (Wildman–Crippen MR) is 56.0 cm³/mol. The Morgan fingerprint density at radius 1 is 1.23 bits per heavy atom. The molecule has 2 nitrogen and oxygen atoms in total. The van der Waals surface area contributed by atoms with Gasteiger partial charge in [-0.3, -0.25) is 0 Å². The number of ether oxygens (including phenoxy) is 1. The Labute approximate surface area is 82.3 Å². The molecule has 0 spiro atoms. The first-order chi connectivity index (χ1) is 6.33. The van der Waals surface area contributed by atoms with E-state index in [2.05, 4.69) is 18.9 Å². The minimum atomic E-state index is 0.549. The molecule has 0 aromatic heterocycles. The van der Waals surface area contributed by atoms with Gasteiger partial charge in [-0.1, -0.05) is 19.8 Å². The van der Waals surface area contributed by atoms with Crippen molar-refractivity contribution in [2.24, 2.45) is 0 Å². The molecule has 0 N–H and O–H groups in total. The van der Waals surface area contributed by atoms with Gasteiger partial charge in [-0.25, -0.2) is 0 Å². The topological polar surface area (TPSA) is 12.5 Å². The second-order valence-corrected chi connectivity index (χ2v) is 4.08. The molecule has 0 aromatic rings. The van der Waals surface area contributed by atoms with Crippen LogP contribution in [0, 0.1) is 0 Å². The zero-order valence-electron chi connectivity index (χ0n) is 9.09. The number of piperidine rings is 1. The van der Waals surface area contributed by atoms with E-state index in [1.165, 1.54) is 45.2 Å². The highest BCUT2D eigenvalue weighted by molar-refractivity contribution is 4.69. The average Bonchev–Trinajstić information content (AvgIpc) is 2.15. The first kappa shape index (κ1) is 11.0. The van der Waals surface area contributed by atoms with Crippen molar-refractivity contribution in [3.05, 3.63) is 0 Å². The molecular formula is C11H23NO. The molecule has 0 aromatic carbocycles. The van der Waals surface area contributed by atoms with Crippen LogP contribution in [0.4, 0.5) is 0 Å². The van der Waals surface area contributed by atoms with E-state index >= 15 is 0 Å². The summed E-state index contributed by atoms with van der Waals surface area (Å²) in [7, 11) is 2.19. The molecule has 1 fully saturated rings. The van der Waals surface area contributed by atoms with Crippen molar-refractivity contribution in [1.82, 2.24) is 4.90 Å². The molecule has 78 valence electrons. The van der Waals surface area contributed by atoms with Crippen LogP contribution in [-0.2, 0) is 4.74 Å². The molecule has 0 atom stereocenters. The summed E-state index contributed by atoms with van der Waals surface area (Å²) >= 11 is 0. The Hall–Kier alpha value is -0.0800. The van der Waals surface area contributed by atoms with Crippen LogP contribution in [0.15, 0.2) is 0 Å². The van der Waals surface area contributed by atoms with Crippen molar-refractivity contribution >= 4 is 0 Å². The van der Waals surface area contributed by atoms with E-state index in [9.17, 15) is 0 Å². The monoisotopic (exact) mass is 185 g/mol. The van der Waals surface area contributed by atoms with Crippen LogP contribution >= 0.6 is 0 Å². The zero-order valence-corrected chi connectivity index (χ0v) is 9.09. The Morgan fingerprint density at radius 2 is 1.92 bits per heavy atom. The fraction of sp³-hybridized carbons (Fsp3) is 1.00. The van der Waals surface area contributed by atoms with Gasteiger partial charge in [0.05, 0.1) is 6.10 Å². The van der Waals surface area contributed by atoms with Crippen molar-refractivity contribution < 1.29 is 4.74 Å². The molecule has 1 rings (SSSR count). The minimum Gasteiger partial charge on any atom is -0.378 e. The molecule has 0 amide bonds. The quantitative estimate of drug-likeness (QED) is 0.609. The summed E-state index contributed by atoms with van der Waals surface area (Å²) in [6, 6.07) is 0. The maximum absolute atomic E-state index is 5.81. The molecule has 1 aliphatic heterocycles. The van der Waals surface area contributed by atoms with Gasteiger partial charge in [-0.05, 0) is 26.3 Å². The van der Waals surface area contributed by atoms with E-state index in [1.54, 1.807) is 0 Å². The molecule has 0 aliphatic carbocycles. The maximum atomic E-state index is 5.81. The van der Waals surface area contributed by atoms with Gasteiger partial charge in [0.1, 0.15) is 0 Å². The third kappa shape index (κ3) is 4.63. The smallest absolute Gasteiger partial charge is 0.0599 e. The standard InChI is InChI=1S/C11H23NO/c1-3-4-5-10-13-11-6-8-12(2)9-7-11/h11H,3-10H2,1-2H3. The second-order valence-electron chi connectivity index (χ2n) is 4.08. The first-order valence-corrected chi connectivity index (χ1v) is 5.63. The number of nitrogens with zero attached hydrogens (tertiary/aromatic N) is 1. The molecule has 1 aliphatic rings. The van der Waals surface area contributed by atoms with E-state index < -0.39 is 0 Å². The van der Waals surface area contributed by atoms with Crippen molar-refractivity contribution in [3.63, 3.8) is 0 Å². The Kier molecular flexibility index (Phi) is 5.40. The van der Waals surface area contributed by atoms with Gasteiger partial charge in [0.2, 0.25) is 0 Å². The number of unbranched alkanes of at least 4 members (excludes halogenated alkanes) is 2. The summed E-state index contributed by atoms with van der Waals surface area (Å²) < 4.78 is 5.81. The van der Waals surface area contributed by atoms with Gasteiger partial charge in [0.15, 0.2) is 0 Å². The van der Waals surface area contributed by atoms with E-state index in [1.807, 2.05) is 0 Å². The van der Waals surface area contributed by atoms with Gasteiger partial charge in [0.25, 0.3) is 0 Å². The fourth-order valence-corrected chi connectivity index (χ4v) is 1.75. The number of hydrogen-bond acceptors (Lipinski definition) is 2. The lowest BCUT2D eigenvalue weighted by atomic mass is 10.1. The summed E-state index contributed by atoms with van der Waals surface area (Å²) in [5, 5.41) is 0. The molecule has 2 heteroatoms. The van der Waals surface area contributed by atoms with E-state index in [4.69, 9.17) is 4.74 Å². The van der Waals surface area contributed by atoms with Crippen LogP contribution < -0.4 is 0 Å². The minimum absolute atomic E-state index is 0.549. The van der Waals surface area contributed by atoms with E-state index in [0.717, 1.165) is 6.61 Å². The number of rotatable bonds is 5. The third-order valence-electron chi connectivity index (χ3n) is 2.77. The molecule has 0 bridgehead atoms. The lowest BCUT2D eigenvalue weighted by Gasteiger charge is -2.28. The van der Waals surface area contributed by atoms with Crippen molar-refractivity contribution in [2.45, 2.75) is 45.1 Å². The molecule has 0 saturated carbocycles. The largest absolute Gasteiger partial charge is 0.378 e. The first-order valence-electron chi connectivity index (χ1n) is 5.63. The van der Waals surface area contributed by atoms with Crippen molar-refractivity contribution in [1.29, 1.82) is 0 Å². The van der Waals surface area contributed by atoms with Crippen molar-refractivity contribution in [2.75, 3.05) is 26.7 Å². The highest BCUT2D eigenvalue weighted by Gasteiger charge is 2.16. The van der Waals surface area contributed by atoms with Gasteiger partial charge >= 0.3 is 0 Å². The summed E-state index contributed by atoms with van der Waals surface area (Å²) in [4.78, 5) is 2.38. The van der Waals surface area contributed by atoms with Gasteiger partial charge in [-0.2, -0.15) is 0 Å². The highest BCUT2D eigenvalue weighted by atomic mass is 16.5. The van der Waals surface area contributed by atoms with Crippen molar-refractivity contribution in [3.8, 4) is 0 Å². The third-order valence-corrected chi connectivity index (χ3v) is 2.77. The molecular weight excluding hydrogens is 162 g/mol. The Bertz CT molecular complexity index is 119. The Morgan fingerprint density at radius 3 is 2.54 bits per heavy atom. The molecule has 13 heavy (non-hydrogen) atoms. The normalized spacial score (nSPS) is 20.8. The van der Waals surface area contributed by atoms with E-state index in [0.29, 0.717) is 6.10 Å². The van der Waals surface area contributed by atoms with Crippen LogP contribution in [0.5, 0.6) is 0 Å². The zero-order chi connectivity index (χ0) is 9.52. The summed E-state index contributed by atoms with van der Waals surface area (Å²) in [6.07, 6.45) is 6.84. The average molecular weight is 185 g/mol. The van der Waals surface area contributed by atoms with Gasteiger partial charge in [-0.15, -0.1) is 0 Å². The summed E-state index contributed by atoms with van der Waals surface area (Å²) in [5.74, 6) is 0. The molecule has 0 radical (unpaired) electrons. The van der Waals surface area contributed by atoms with E-state index in [-0.39, 0.29) is 0 Å². The van der Waals surface area contributed by atoms with Crippen LogP contribution in [-0.4, -0.2) is 37.7 Å². The van der Waals surface area contributed by atoms with Gasteiger partial charge in [0, 0.05) is 19.7 Å². The number of hydrogen-bond donors (Lipinski definition) is 0. The summed E-state index contributed by atoms with van der Waals surface area (Å²) in [5.41, 5.74) is 0. The molecule has 1 heterocycles. The van der Waals surface area contributed by atoms with Crippen LogP contribution in [0.3, 0.4) is 0 Å². The van der Waals surface area contributed by atoms with Gasteiger partial charge < -0.3 is 9.64 Å². The highest BCUT2D eigenvalue weighted by Crippen LogP contribution is 2.12. The lowest BCUT2D eigenvalue weighted by Crippen LogP contribution is -2.34. The Balaban J connectivity index is 1.96. The lowest BCUT2D eigenvalue weighted by molar-refractivity contribution is 0.0109. The molecule has 1 saturated heterocycles. The predicted octanol–water partition coefficient (Wildman–Crippen LogP) is 2.29. The molecule has 0 unspecified atom stereocenters. The number of likely N-dealkylation sites (tertiary alicyclic amines) is 1. The SMILES string of the molecule is CCCCCOC1CCN(C)CC1. The summed E-state index contributed by atoms with van der Waals surface area (Å²) in [6.45, 7) is 5.62.